The van der Waals surface area contributed by atoms with Crippen LogP contribution < -0.4 is 5.32 Å². The molecule has 3 N–H and O–H groups in total. The maximum atomic E-state index is 13.7. The lowest BCUT2D eigenvalue weighted by Gasteiger charge is -2.36. The zero-order valence-corrected chi connectivity index (χ0v) is 23.4. The number of carbonyl (C=O) groups excluding carboxylic acids is 2. The van der Waals surface area contributed by atoms with Gasteiger partial charge in [0.2, 0.25) is 0 Å². The number of aryl methyl sites for hydroxylation is 1. The van der Waals surface area contributed by atoms with Crippen molar-refractivity contribution >= 4 is 29.2 Å². The van der Waals surface area contributed by atoms with Crippen molar-refractivity contribution in [3.05, 3.63) is 76.1 Å². The summed E-state index contributed by atoms with van der Waals surface area (Å²) in [5, 5.41) is 12.4. The van der Waals surface area contributed by atoms with Crippen LogP contribution in [0.15, 0.2) is 42.5 Å². The first-order valence-corrected chi connectivity index (χ1v) is 14.5. The molecule has 3 aromatic rings. The summed E-state index contributed by atoms with van der Waals surface area (Å²) in [5.74, 6) is -0.0779. The molecule has 0 unspecified atom stereocenters. The van der Waals surface area contributed by atoms with Crippen LogP contribution in [0.1, 0.15) is 64.1 Å². The molecule has 0 radical (unpaired) electrons. The van der Waals surface area contributed by atoms with Crippen molar-refractivity contribution < 1.29 is 14.7 Å². The van der Waals surface area contributed by atoms with E-state index in [1.165, 1.54) is 25.9 Å². The SMILES string of the molecule is Cc1[nH]c(/C=C2\C(=O)Nc3cccc(-c4cccc(CCO)c4)c32)c(C)c1C(=O)N1CCC(N2CCCC2)CC1. The molecule has 0 bridgehead atoms. The number of aromatic amines is 1. The molecule has 2 fully saturated rings. The van der Waals surface area contributed by atoms with E-state index in [1.54, 1.807) is 0 Å². The van der Waals surface area contributed by atoms with E-state index in [1.807, 2.05) is 61.2 Å². The maximum Gasteiger partial charge on any atom is 0.256 e. The second kappa shape index (κ2) is 11.1. The van der Waals surface area contributed by atoms with Crippen molar-refractivity contribution in [1.82, 2.24) is 14.8 Å². The van der Waals surface area contributed by atoms with Crippen molar-refractivity contribution in [2.24, 2.45) is 0 Å². The summed E-state index contributed by atoms with van der Waals surface area (Å²) in [6, 6.07) is 14.6. The second-order valence-electron chi connectivity index (χ2n) is 11.3. The molecule has 40 heavy (non-hydrogen) atoms. The number of piperidine rings is 1. The highest BCUT2D eigenvalue weighted by Gasteiger charge is 2.32. The van der Waals surface area contributed by atoms with Crippen molar-refractivity contribution in [3.8, 4) is 11.1 Å². The lowest BCUT2D eigenvalue weighted by molar-refractivity contribution is -0.110. The molecular formula is C33H38N4O3. The fourth-order valence-corrected chi connectivity index (χ4v) is 6.73. The largest absolute Gasteiger partial charge is 0.396 e. The van der Waals surface area contributed by atoms with Gasteiger partial charge in [-0.25, -0.2) is 0 Å². The number of anilines is 1. The third-order valence-corrected chi connectivity index (χ3v) is 8.85. The van der Waals surface area contributed by atoms with Gasteiger partial charge < -0.3 is 25.2 Å². The van der Waals surface area contributed by atoms with Crippen LogP contribution in [-0.2, 0) is 11.2 Å². The van der Waals surface area contributed by atoms with Gasteiger partial charge in [0.15, 0.2) is 0 Å². The topological polar surface area (TPSA) is 88.7 Å². The van der Waals surface area contributed by atoms with E-state index in [9.17, 15) is 14.7 Å². The molecule has 3 aliphatic rings. The van der Waals surface area contributed by atoms with Gasteiger partial charge >= 0.3 is 0 Å². The Morgan fingerprint density at radius 1 is 1.05 bits per heavy atom. The first-order chi connectivity index (χ1) is 19.4. The Labute approximate surface area is 235 Å². The number of benzene rings is 2. The number of likely N-dealkylation sites (tertiary alicyclic amines) is 2. The lowest BCUT2D eigenvalue weighted by Crippen LogP contribution is -2.46. The van der Waals surface area contributed by atoms with Crippen LogP contribution in [0.5, 0.6) is 0 Å². The molecule has 0 saturated carbocycles. The molecule has 2 amide bonds. The maximum absolute atomic E-state index is 13.7. The van der Waals surface area contributed by atoms with Gasteiger partial charge in [-0.1, -0.05) is 36.4 Å². The molecule has 6 rings (SSSR count). The highest BCUT2D eigenvalue weighted by Crippen LogP contribution is 2.41. The summed E-state index contributed by atoms with van der Waals surface area (Å²) in [6.07, 6.45) is 7.12. The average molecular weight is 539 g/mol. The number of aliphatic hydroxyl groups excluding tert-OH is 1. The number of carbonyl (C=O) groups is 2. The van der Waals surface area contributed by atoms with Crippen LogP contribution in [0.2, 0.25) is 0 Å². The summed E-state index contributed by atoms with van der Waals surface area (Å²) >= 11 is 0. The van der Waals surface area contributed by atoms with Crippen LogP contribution in [-0.4, -0.2) is 70.5 Å². The number of aliphatic hydroxyl groups is 1. The molecule has 0 spiro atoms. The van der Waals surface area contributed by atoms with Gasteiger partial charge in [-0.3, -0.25) is 9.59 Å². The van der Waals surface area contributed by atoms with Gasteiger partial charge in [-0.2, -0.15) is 0 Å². The van der Waals surface area contributed by atoms with Crippen molar-refractivity contribution in [3.63, 3.8) is 0 Å². The van der Waals surface area contributed by atoms with Gasteiger partial charge in [0.05, 0.1) is 11.1 Å². The summed E-state index contributed by atoms with van der Waals surface area (Å²) in [5.41, 5.74) is 8.43. The molecule has 0 atom stereocenters. The number of aromatic nitrogens is 1. The smallest absolute Gasteiger partial charge is 0.256 e. The molecule has 1 aromatic heterocycles. The van der Waals surface area contributed by atoms with E-state index < -0.39 is 0 Å². The van der Waals surface area contributed by atoms with E-state index in [-0.39, 0.29) is 18.4 Å². The zero-order valence-electron chi connectivity index (χ0n) is 23.4. The Bertz CT molecular complexity index is 1470. The summed E-state index contributed by atoms with van der Waals surface area (Å²) in [7, 11) is 0. The second-order valence-corrected chi connectivity index (χ2v) is 11.3. The molecule has 4 heterocycles. The third kappa shape index (κ3) is 4.88. The fraction of sp³-hybridized carbons (Fsp3) is 0.394. The number of hydrogen-bond donors (Lipinski definition) is 3. The quantitative estimate of drug-likeness (QED) is 0.384. The van der Waals surface area contributed by atoms with Crippen LogP contribution >= 0.6 is 0 Å². The molecule has 0 aliphatic carbocycles. The molecule has 7 nitrogen and oxygen atoms in total. The van der Waals surface area contributed by atoms with E-state index in [2.05, 4.69) is 21.3 Å². The number of H-pyrrole nitrogens is 1. The van der Waals surface area contributed by atoms with Gasteiger partial charge in [0.25, 0.3) is 11.8 Å². The highest BCUT2D eigenvalue weighted by molar-refractivity contribution is 6.36. The Morgan fingerprint density at radius 3 is 2.55 bits per heavy atom. The third-order valence-electron chi connectivity index (χ3n) is 8.85. The Kier molecular flexibility index (Phi) is 7.34. The molecule has 7 heteroatoms. The Hall–Kier alpha value is -3.68. The fourth-order valence-electron chi connectivity index (χ4n) is 6.73. The normalized spacial score (nSPS) is 18.9. The molecule has 2 aromatic carbocycles. The molecular weight excluding hydrogens is 500 g/mol. The van der Waals surface area contributed by atoms with Crippen LogP contribution in [0.4, 0.5) is 5.69 Å². The summed E-state index contributed by atoms with van der Waals surface area (Å²) in [4.78, 5) is 34.9. The van der Waals surface area contributed by atoms with Crippen molar-refractivity contribution in [1.29, 1.82) is 0 Å². The van der Waals surface area contributed by atoms with E-state index in [0.717, 1.165) is 76.4 Å². The van der Waals surface area contributed by atoms with Crippen LogP contribution in [0.25, 0.3) is 22.8 Å². The molecule has 208 valence electrons. The van der Waals surface area contributed by atoms with Gasteiger partial charge in [-0.05, 0) is 93.4 Å². The minimum atomic E-state index is -0.155. The van der Waals surface area contributed by atoms with Gasteiger partial charge in [0.1, 0.15) is 0 Å². The Balaban J connectivity index is 1.29. The number of nitrogens with one attached hydrogen (secondary N) is 2. The minimum absolute atomic E-state index is 0.0773. The number of fused-ring (bicyclic) bond motifs is 1. The predicted molar refractivity (Wildman–Crippen MR) is 159 cm³/mol. The van der Waals surface area contributed by atoms with Crippen molar-refractivity contribution in [2.45, 2.75) is 52.0 Å². The number of rotatable bonds is 6. The number of nitrogens with zero attached hydrogens (tertiary/aromatic N) is 2. The van der Waals surface area contributed by atoms with Gasteiger partial charge in [-0.15, -0.1) is 0 Å². The highest BCUT2D eigenvalue weighted by atomic mass is 16.3. The lowest BCUT2D eigenvalue weighted by atomic mass is 9.93. The average Bonchev–Trinajstić information content (AvgIpc) is 3.67. The van der Waals surface area contributed by atoms with Crippen molar-refractivity contribution in [2.75, 3.05) is 38.1 Å². The predicted octanol–water partition coefficient (Wildman–Crippen LogP) is 5.03. The minimum Gasteiger partial charge on any atom is -0.396 e. The van der Waals surface area contributed by atoms with E-state index in [4.69, 9.17) is 0 Å². The molecule has 2 saturated heterocycles. The van der Waals surface area contributed by atoms with E-state index in [0.29, 0.717) is 18.0 Å². The van der Waals surface area contributed by atoms with Crippen LogP contribution in [0.3, 0.4) is 0 Å². The monoisotopic (exact) mass is 538 g/mol. The number of hydrogen-bond acceptors (Lipinski definition) is 4. The van der Waals surface area contributed by atoms with Gasteiger partial charge in [0, 0.05) is 48.4 Å². The Morgan fingerprint density at radius 2 is 1.80 bits per heavy atom. The van der Waals surface area contributed by atoms with E-state index >= 15 is 0 Å². The first kappa shape index (κ1) is 26.5. The summed E-state index contributed by atoms with van der Waals surface area (Å²) in [6.45, 7) is 7.96. The van der Waals surface area contributed by atoms with Crippen LogP contribution in [0, 0.1) is 13.8 Å². The standard InChI is InChI=1S/C33H38N4O3/c1-21-29(34-22(2)30(21)33(40)37-16-11-25(12-17-37)36-14-3-4-15-36)20-27-31-26(9-6-10-28(31)35-32(27)39)24-8-5-7-23(19-24)13-18-38/h5-10,19-20,25,34,38H,3-4,11-18H2,1-2H3,(H,35,39)/b27-20-. The number of amides is 2. The molecule has 3 aliphatic heterocycles. The zero-order chi connectivity index (χ0) is 27.8. The summed E-state index contributed by atoms with van der Waals surface area (Å²) < 4.78 is 0. The first-order valence-electron chi connectivity index (χ1n) is 14.5.